The van der Waals surface area contributed by atoms with Gasteiger partial charge in [0.2, 0.25) is 0 Å². The molecule has 0 aromatic carbocycles. The van der Waals surface area contributed by atoms with E-state index in [1.807, 2.05) is 0 Å². The van der Waals surface area contributed by atoms with Crippen LogP contribution >= 0.6 is 0 Å². The molecule has 0 nitrogen and oxygen atoms in total. The van der Waals surface area contributed by atoms with Gasteiger partial charge < -0.3 is 0 Å². The molecule has 0 amide bonds. The Morgan fingerprint density at radius 2 is 1.35 bits per heavy atom. The molecule has 0 radical (unpaired) electrons. The minimum absolute atomic E-state index is 0.298. The van der Waals surface area contributed by atoms with Crippen molar-refractivity contribution in [2.24, 2.45) is 10.8 Å². The van der Waals surface area contributed by atoms with E-state index in [1.54, 1.807) is 0 Å². The van der Waals surface area contributed by atoms with E-state index in [0.717, 1.165) is 6.42 Å². The van der Waals surface area contributed by atoms with Crippen molar-refractivity contribution in [3.8, 4) is 0 Å². The van der Waals surface area contributed by atoms with Gasteiger partial charge in [0.15, 0.2) is 0 Å². The maximum Gasteiger partial charge on any atom is -0.00530 e. The van der Waals surface area contributed by atoms with E-state index >= 15 is 0 Å². The summed E-state index contributed by atoms with van der Waals surface area (Å²) in [6.07, 6.45) is 11.8. The fraction of sp³-hybridized carbons (Fsp3) is 0.700. The van der Waals surface area contributed by atoms with E-state index in [2.05, 4.69) is 73.4 Å². The summed E-state index contributed by atoms with van der Waals surface area (Å²) in [5, 5.41) is 0. The standard InChI is InChI=1S/C18H34.C2H4/c1-8-13-14-16(6)18(11-4,12-5)15-17(7,9-2)10-3;1-2/h13-14H,6,8-12,15H2,1-5,7H3;1-2H2/b14-13-;. The van der Waals surface area contributed by atoms with Crippen LogP contribution in [0.4, 0.5) is 0 Å². The topological polar surface area (TPSA) is 0 Å². The third-order valence-electron chi connectivity index (χ3n) is 5.06. The van der Waals surface area contributed by atoms with Crippen LogP contribution in [0.2, 0.25) is 0 Å². The summed E-state index contributed by atoms with van der Waals surface area (Å²) in [5.41, 5.74) is 2.09. The van der Waals surface area contributed by atoms with Crippen molar-refractivity contribution < 1.29 is 0 Å². The highest BCUT2D eigenvalue weighted by molar-refractivity contribution is 5.24. The van der Waals surface area contributed by atoms with Crippen LogP contribution in [0.3, 0.4) is 0 Å². The van der Waals surface area contributed by atoms with Gasteiger partial charge in [0.1, 0.15) is 0 Å². The Hall–Kier alpha value is -0.780. The van der Waals surface area contributed by atoms with Gasteiger partial charge in [-0.25, -0.2) is 0 Å². The van der Waals surface area contributed by atoms with Gasteiger partial charge in [-0.2, -0.15) is 0 Å². The molecule has 0 aliphatic rings. The van der Waals surface area contributed by atoms with Crippen molar-refractivity contribution in [1.82, 2.24) is 0 Å². The summed E-state index contributed by atoms with van der Waals surface area (Å²) in [7, 11) is 0. The van der Waals surface area contributed by atoms with Crippen molar-refractivity contribution in [3.05, 3.63) is 37.5 Å². The van der Waals surface area contributed by atoms with Gasteiger partial charge in [-0.15, -0.1) is 13.2 Å². The highest BCUT2D eigenvalue weighted by atomic mass is 14.4. The number of rotatable bonds is 9. The first kappa shape index (κ1) is 21.5. The lowest BCUT2D eigenvalue weighted by Gasteiger charge is -2.41. The van der Waals surface area contributed by atoms with E-state index in [1.165, 1.54) is 37.7 Å². The molecule has 0 N–H and O–H groups in total. The van der Waals surface area contributed by atoms with Crippen molar-refractivity contribution in [2.45, 2.75) is 80.1 Å². The Balaban J connectivity index is 0. The van der Waals surface area contributed by atoms with Gasteiger partial charge in [-0.3, -0.25) is 0 Å². The predicted octanol–water partition coefficient (Wildman–Crippen LogP) is 7.33. The van der Waals surface area contributed by atoms with E-state index in [9.17, 15) is 0 Å². The Kier molecular flexibility index (Phi) is 11.8. The minimum atomic E-state index is 0.298. The van der Waals surface area contributed by atoms with Crippen LogP contribution in [0.25, 0.3) is 0 Å². The summed E-state index contributed by atoms with van der Waals surface area (Å²) in [6, 6.07) is 0. The monoisotopic (exact) mass is 278 g/mol. The van der Waals surface area contributed by atoms with E-state index < -0.39 is 0 Å². The third kappa shape index (κ3) is 6.11. The Morgan fingerprint density at radius 1 is 0.900 bits per heavy atom. The predicted molar refractivity (Wildman–Crippen MR) is 96.1 cm³/mol. The molecule has 0 bridgehead atoms. The second-order valence-electron chi connectivity index (χ2n) is 6.02. The third-order valence-corrected chi connectivity index (χ3v) is 5.06. The van der Waals surface area contributed by atoms with Gasteiger partial charge >= 0.3 is 0 Å². The fourth-order valence-electron chi connectivity index (χ4n) is 2.82. The summed E-state index contributed by atoms with van der Waals surface area (Å²) in [6.45, 7) is 24.3. The second-order valence-corrected chi connectivity index (χ2v) is 6.02. The number of hydrogen-bond acceptors (Lipinski definition) is 0. The van der Waals surface area contributed by atoms with Crippen LogP contribution in [0.5, 0.6) is 0 Å². The second kappa shape index (κ2) is 10.9. The molecule has 0 saturated carbocycles. The smallest absolute Gasteiger partial charge is 0.00530 e. The number of hydrogen-bond donors (Lipinski definition) is 0. The first-order valence-corrected chi connectivity index (χ1v) is 8.29. The van der Waals surface area contributed by atoms with Crippen LogP contribution in [0.1, 0.15) is 80.1 Å². The average Bonchev–Trinajstić information content (AvgIpc) is 2.52. The zero-order chi connectivity index (χ0) is 16.2. The van der Waals surface area contributed by atoms with E-state index in [-0.39, 0.29) is 0 Å². The Bertz CT molecular complexity index is 274. The molecular formula is C20H38. The molecule has 0 aromatic heterocycles. The lowest BCUT2D eigenvalue weighted by Crippen LogP contribution is -2.29. The highest BCUT2D eigenvalue weighted by Crippen LogP contribution is 2.47. The molecule has 0 atom stereocenters. The first-order valence-electron chi connectivity index (χ1n) is 8.29. The average molecular weight is 279 g/mol. The fourth-order valence-corrected chi connectivity index (χ4v) is 2.82. The Morgan fingerprint density at radius 3 is 1.65 bits per heavy atom. The molecule has 0 aliphatic heterocycles. The molecule has 0 aliphatic carbocycles. The van der Waals surface area contributed by atoms with Crippen molar-refractivity contribution in [3.63, 3.8) is 0 Å². The van der Waals surface area contributed by atoms with Crippen molar-refractivity contribution in [2.75, 3.05) is 0 Å². The minimum Gasteiger partial charge on any atom is -0.106 e. The first-order chi connectivity index (χ1) is 9.43. The van der Waals surface area contributed by atoms with Gasteiger partial charge in [0.25, 0.3) is 0 Å². The van der Waals surface area contributed by atoms with Crippen LogP contribution in [-0.2, 0) is 0 Å². The molecular weight excluding hydrogens is 240 g/mol. The van der Waals surface area contributed by atoms with Crippen LogP contribution < -0.4 is 0 Å². The van der Waals surface area contributed by atoms with Crippen LogP contribution in [-0.4, -0.2) is 0 Å². The largest absolute Gasteiger partial charge is 0.106 e. The molecule has 20 heavy (non-hydrogen) atoms. The highest BCUT2D eigenvalue weighted by Gasteiger charge is 2.35. The summed E-state index contributed by atoms with van der Waals surface area (Å²) in [4.78, 5) is 0. The van der Waals surface area contributed by atoms with Gasteiger partial charge in [0, 0.05) is 0 Å². The molecule has 0 unspecified atom stereocenters. The Labute approximate surface area is 129 Å². The zero-order valence-corrected chi connectivity index (χ0v) is 15.0. The maximum atomic E-state index is 4.37. The zero-order valence-electron chi connectivity index (χ0n) is 15.0. The lowest BCUT2D eigenvalue weighted by atomic mass is 9.64. The van der Waals surface area contributed by atoms with Gasteiger partial charge in [-0.1, -0.05) is 73.1 Å². The molecule has 0 aromatic rings. The molecule has 0 rings (SSSR count). The normalized spacial score (nSPS) is 12.1. The van der Waals surface area contributed by atoms with E-state index in [0.29, 0.717) is 10.8 Å². The molecule has 0 saturated heterocycles. The van der Waals surface area contributed by atoms with Gasteiger partial charge in [-0.05, 0) is 42.1 Å². The molecule has 0 heteroatoms. The molecule has 0 spiro atoms. The summed E-state index contributed by atoms with van der Waals surface area (Å²) in [5.74, 6) is 0. The van der Waals surface area contributed by atoms with E-state index in [4.69, 9.17) is 0 Å². The van der Waals surface area contributed by atoms with Crippen molar-refractivity contribution >= 4 is 0 Å². The SMILES string of the molecule is C=C.C=C(/C=C\CC)C(CC)(CC)CC(C)(CC)CC. The number of allylic oxidation sites excluding steroid dienone is 3. The van der Waals surface area contributed by atoms with Gasteiger partial charge in [0.05, 0.1) is 0 Å². The molecule has 0 heterocycles. The van der Waals surface area contributed by atoms with Crippen LogP contribution in [0, 0.1) is 10.8 Å². The lowest BCUT2D eigenvalue weighted by molar-refractivity contribution is 0.156. The van der Waals surface area contributed by atoms with Crippen LogP contribution in [0.15, 0.2) is 37.5 Å². The quantitative estimate of drug-likeness (QED) is 0.306. The summed E-state index contributed by atoms with van der Waals surface area (Å²) < 4.78 is 0. The van der Waals surface area contributed by atoms with Crippen molar-refractivity contribution in [1.29, 1.82) is 0 Å². The molecule has 118 valence electrons. The summed E-state index contributed by atoms with van der Waals surface area (Å²) >= 11 is 0. The molecule has 0 fully saturated rings. The maximum absolute atomic E-state index is 4.37.